The average molecular weight is 427 g/mol. The maximum atomic E-state index is 12.0. The number of fused-ring (bicyclic) bond motifs is 5. The van der Waals surface area contributed by atoms with Crippen molar-refractivity contribution in [1.29, 1.82) is 0 Å². The van der Waals surface area contributed by atoms with E-state index in [9.17, 15) is 15.0 Å². The van der Waals surface area contributed by atoms with E-state index in [1.807, 2.05) is 19.1 Å². The van der Waals surface area contributed by atoms with Crippen LogP contribution >= 0.6 is 0 Å². The quantitative estimate of drug-likeness (QED) is 0.572. The molecular weight excluding hydrogens is 384 g/mol. The van der Waals surface area contributed by atoms with Crippen molar-refractivity contribution in [2.45, 2.75) is 78.7 Å². The molecule has 3 heteroatoms. The molecular formula is C28H42O3. The highest BCUT2D eigenvalue weighted by Crippen LogP contribution is 2.67. The van der Waals surface area contributed by atoms with Crippen LogP contribution in [0.25, 0.3) is 0 Å². The molecule has 0 bridgehead atoms. The zero-order chi connectivity index (χ0) is 22.6. The van der Waals surface area contributed by atoms with Crippen molar-refractivity contribution in [1.82, 2.24) is 0 Å². The van der Waals surface area contributed by atoms with E-state index in [1.165, 1.54) is 5.57 Å². The maximum absolute atomic E-state index is 12.0. The van der Waals surface area contributed by atoms with E-state index in [1.54, 1.807) is 6.08 Å². The second kappa shape index (κ2) is 7.99. The molecule has 0 radical (unpaired) electrons. The van der Waals surface area contributed by atoms with Crippen molar-refractivity contribution >= 4 is 5.78 Å². The van der Waals surface area contributed by atoms with E-state index >= 15 is 0 Å². The Hall–Kier alpha value is -1.19. The minimum atomic E-state index is -0.895. The highest BCUT2D eigenvalue weighted by molar-refractivity contribution is 6.01. The van der Waals surface area contributed by atoms with Gasteiger partial charge in [-0.05, 0) is 93.1 Å². The number of allylic oxidation sites excluding steroid dienone is 5. The standard InChI is InChI=1S/C28H42O3/c1-18(2)19(3)10-14-27(5,31)25-9-8-24-22-7-6-20-16-21(30)11-13-26(20,4)23(22)12-15-28(24,25)17-29/h10-11,13-14,16,18-19,22-25,29,31H,6-9,12,15,17H2,1-5H3/b14-10+/t19-,22+,23-,24-,25+,26-,27-,28+/m0/s1. The van der Waals surface area contributed by atoms with Crippen LogP contribution in [-0.2, 0) is 4.79 Å². The summed E-state index contributed by atoms with van der Waals surface area (Å²) in [6.07, 6.45) is 16.2. The first-order valence-electron chi connectivity index (χ1n) is 12.5. The fourth-order valence-electron chi connectivity index (χ4n) is 7.87. The number of rotatable bonds is 5. The normalized spacial score (nSPS) is 42.7. The summed E-state index contributed by atoms with van der Waals surface area (Å²) < 4.78 is 0. The third kappa shape index (κ3) is 3.60. The van der Waals surface area contributed by atoms with Gasteiger partial charge in [-0.1, -0.05) is 51.5 Å². The molecule has 0 unspecified atom stereocenters. The largest absolute Gasteiger partial charge is 0.396 e. The fourth-order valence-corrected chi connectivity index (χ4v) is 7.87. The summed E-state index contributed by atoms with van der Waals surface area (Å²) in [5.41, 5.74) is 0.201. The SMILES string of the molecule is CC(C)[C@@H](C)/C=C/[C@](C)(O)[C@H]1CC[C@H]2[C@@H]3CCC4=CC(=O)C=C[C@]4(C)[C@H]3CC[C@@]21CO. The maximum Gasteiger partial charge on any atom is 0.178 e. The topological polar surface area (TPSA) is 57.5 Å². The lowest BCUT2D eigenvalue weighted by atomic mass is 9.47. The van der Waals surface area contributed by atoms with Gasteiger partial charge in [0.15, 0.2) is 5.78 Å². The molecule has 0 aliphatic heterocycles. The summed E-state index contributed by atoms with van der Waals surface area (Å²) in [6.45, 7) is 11.1. The van der Waals surface area contributed by atoms with Crippen LogP contribution in [0, 0.1) is 46.3 Å². The van der Waals surface area contributed by atoms with Crippen molar-refractivity contribution < 1.29 is 15.0 Å². The van der Waals surface area contributed by atoms with E-state index in [0.717, 1.165) is 38.5 Å². The van der Waals surface area contributed by atoms with E-state index in [2.05, 4.69) is 39.8 Å². The average Bonchev–Trinajstić information content (AvgIpc) is 3.13. The number of hydrogen-bond donors (Lipinski definition) is 2. The van der Waals surface area contributed by atoms with Crippen LogP contribution in [0.2, 0.25) is 0 Å². The predicted molar refractivity (Wildman–Crippen MR) is 125 cm³/mol. The van der Waals surface area contributed by atoms with Gasteiger partial charge in [0.1, 0.15) is 0 Å². The van der Waals surface area contributed by atoms with Gasteiger partial charge in [-0.2, -0.15) is 0 Å². The van der Waals surface area contributed by atoms with Gasteiger partial charge in [-0.25, -0.2) is 0 Å². The first-order valence-corrected chi connectivity index (χ1v) is 12.5. The Kier molecular flexibility index (Phi) is 5.92. The zero-order valence-electron chi connectivity index (χ0n) is 20.1. The molecule has 4 aliphatic rings. The fraction of sp³-hybridized carbons (Fsp3) is 0.750. The molecule has 0 heterocycles. The van der Waals surface area contributed by atoms with Gasteiger partial charge in [-0.3, -0.25) is 4.79 Å². The van der Waals surface area contributed by atoms with E-state index in [4.69, 9.17) is 0 Å². The van der Waals surface area contributed by atoms with Crippen LogP contribution in [-0.4, -0.2) is 28.2 Å². The Morgan fingerprint density at radius 3 is 2.61 bits per heavy atom. The molecule has 172 valence electrons. The molecule has 8 atom stereocenters. The van der Waals surface area contributed by atoms with Gasteiger partial charge < -0.3 is 10.2 Å². The zero-order valence-corrected chi connectivity index (χ0v) is 20.1. The molecule has 3 fully saturated rings. The molecule has 0 spiro atoms. The Balaban J connectivity index is 1.62. The highest BCUT2D eigenvalue weighted by Gasteiger charge is 2.62. The Morgan fingerprint density at radius 1 is 1.19 bits per heavy atom. The number of carbonyl (C=O) groups excluding carboxylic acids is 1. The van der Waals surface area contributed by atoms with Crippen LogP contribution in [0.15, 0.2) is 36.0 Å². The van der Waals surface area contributed by atoms with Gasteiger partial charge in [0, 0.05) is 17.4 Å². The molecule has 0 aromatic heterocycles. The van der Waals surface area contributed by atoms with E-state index < -0.39 is 5.60 Å². The second-order valence-corrected chi connectivity index (χ2v) is 11.9. The first-order chi connectivity index (χ1) is 14.5. The summed E-state index contributed by atoms with van der Waals surface area (Å²) in [4.78, 5) is 12.0. The van der Waals surface area contributed by atoms with Crippen LogP contribution in [0.3, 0.4) is 0 Å². The predicted octanol–water partition coefficient (Wildman–Crippen LogP) is 5.48. The number of carbonyl (C=O) groups is 1. The van der Waals surface area contributed by atoms with Crippen LogP contribution in [0.5, 0.6) is 0 Å². The number of aliphatic hydroxyl groups excluding tert-OH is 1. The van der Waals surface area contributed by atoms with E-state index in [0.29, 0.717) is 29.6 Å². The molecule has 3 saturated carbocycles. The Morgan fingerprint density at radius 2 is 1.94 bits per heavy atom. The lowest BCUT2D eigenvalue weighted by Gasteiger charge is -2.58. The number of hydrogen-bond acceptors (Lipinski definition) is 3. The van der Waals surface area contributed by atoms with E-state index in [-0.39, 0.29) is 29.1 Å². The second-order valence-electron chi connectivity index (χ2n) is 11.9. The summed E-state index contributed by atoms with van der Waals surface area (Å²) >= 11 is 0. The van der Waals surface area contributed by atoms with Crippen molar-refractivity contribution in [3.63, 3.8) is 0 Å². The lowest BCUT2D eigenvalue weighted by molar-refractivity contribution is -0.115. The summed E-state index contributed by atoms with van der Waals surface area (Å²) in [5.74, 6) is 2.74. The molecule has 2 N–H and O–H groups in total. The van der Waals surface area contributed by atoms with Crippen LogP contribution < -0.4 is 0 Å². The third-order valence-corrected chi connectivity index (χ3v) is 10.1. The minimum Gasteiger partial charge on any atom is -0.396 e. The van der Waals surface area contributed by atoms with Crippen molar-refractivity contribution in [3.8, 4) is 0 Å². The molecule has 0 amide bonds. The molecule has 0 aromatic carbocycles. The van der Waals surface area contributed by atoms with Crippen molar-refractivity contribution in [2.75, 3.05) is 6.61 Å². The smallest absolute Gasteiger partial charge is 0.178 e. The Labute approximate surface area is 188 Å². The summed E-state index contributed by atoms with van der Waals surface area (Å²) in [5, 5.41) is 22.4. The van der Waals surface area contributed by atoms with Crippen molar-refractivity contribution in [3.05, 3.63) is 36.0 Å². The van der Waals surface area contributed by atoms with Gasteiger partial charge in [0.05, 0.1) is 5.60 Å². The van der Waals surface area contributed by atoms with Gasteiger partial charge in [0.25, 0.3) is 0 Å². The highest BCUT2D eigenvalue weighted by atomic mass is 16.3. The van der Waals surface area contributed by atoms with Crippen LogP contribution in [0.1, 0.15) is 73.1 Å². The van der Waals surface area contributed by atoms with Gasteiger partial charge >= 0.3 is 0 Å². The molecule has 4 aliphatic carbocycles. The number of aliphatic hydroxyl groups is 2. The minimum absolute atomic E-state index is 0.0222. The monoisotopic (exact) mass is 426 g/mol. The van der Waals surface area contributed by atoms with Crippen molar-refractivity contribution in [2.24, 2.45) is 46.3 Å². The summed E-state index contributed by atoms with van der Waals surface area (Å²) in [7, 11) is 0. The van der Waals surface area contributed by atoms with Gasteiger partial charge in [-0.15, -0.1) is 0 Å². The lowest BCUT2D eigenvalue weighted by Crippen LogP contribution is -2.54. The Bertz CT molecular complexity index is 803. The van der Waals surface area contributed by atoms with Gasteiger partial charge in [0.2, 0.25) is 0 Å². The molecule has 31 heavy (non-hydrogen) atoms. The summed E-state index contributed by atoms with van der Waals surface area (Å²) in [6, 6.07) is 0. The molecule has 0 aromatic rings. The molecule has 3 nitrogen and oxygen atoms in total. The third-order valence-electron chi connectivity index (χ3n) is 10.1. The molecule has 0 saturated heterocycles. The first kappa shape index (κ1) is 23.0. The number of ketones is 1. The molecule has 4 rings (SSSR count). The van der Waals surface area contributed by atoms with Crippen LogP contribution in [0.4, 0.5) is 0 Å².